The van der Waals surface area contributed by atoms with E-state index in [0.29, 0.717) is 12.4 Å². The highest BCUT2D eigenvalue weighted by Gasteiger charge is 2.36. The molecule has 2 unspecified atom stereocenters. The van der Waals surface area contributed by atoms with Gasteiger partial charge in [0.2, 0.25) is 0 Å². The minimum atomic E-state index is -0.327. The van der Waals surface area contributed by atoms with Crippen molar-refractivity contribution in [1.29, 1.82) is 0 Å². The number of anilines is 1. The predicted molar refractivity (Wildman–Crippen MR) is 137 cm³/mol. The van der Waals surface area contributed by atoms with Crippen LogP contribution in [0.25, 0.3) is 0 Å². The number of nitrogens with one attached hydrogen (secondary N) is 1. The lowest BCUT2D eigenvalue weighted by atomic mass is 10.1. The Kier molecular flexibility index (Phi) is 9.21. The van der Waals surface area contributed by atoms with Crippen molar-refractivity contribution in [3.63, 3.8) is 0 Å². The molecule has 6 nitrogen and oxygen atoms in total. The highest BCUT2D eigenvalue weighted by Crippen LogP contribution is 2.31. The van der Waals surface area contributed by atoms with Gasteiger partial charge in [-0.3, -0.25) is 9.69 Å². The van der Waals surface area contributed by atoms with Gasteiger partial charge in [0.15, 0.2) is 0 Å². The number of amides is 1. The first kappa shape index (κ1) is 25.8. The molecule has 1 fully saturated rings. The third-order valence-corrected chi connectivity index (χ3v) is 5.22. The van der Waals surface area contributed by atoms with Crippen LogP contribution in [0.2, 0.25) is 0 Å². The Morgan fingerprint density at radius 1 is 1.34 bits per heavy atom. The van der Waals surface area contributed by atoms with Crippen molar-refractivity contribution in [3.05, 3.63) is 60.2 Å². The Balaban J connectivity index is 0.00000176. The molecule has 0 bridgehead atoms. The number of nitrogens with zero attached hydrogens (tertiary/aromatic N) is 2. The zero-order valence-electron chi connectivity index (χ0n) is 20.1. The van der Waals surface area contributed by atoms with Crippen LogP contribution in [0.1, 0.15) is 53.9 Å². The quantitative estimate of drug-likeness (QED) is 0.604. The van der Waals surface area contributed by atoms with E-state index >= 15 is 0 Å². The summed E-state index contributed by atoms with van der Waals surface area (Å²) in [5.41, 5.74) is 8.86. The van der Waals surface area contributed by atoms with E-state index in [1.165, 1.54) is 0 Å². The SMILES string of the molecule is C=C1CN(C(=O)C2CCCN2c2ccc(OC(C)(C)P)cc2)C(N)=C(/C=C\CC)N1.CC. The van der Waals surface area contributed by atoms with Crippen LogP contribution in [0.5, 0.6) is 5.75 Å². The Bertz CT molecular complexity index is 856. The van der Waals surface area contributed by atoms with Gasteiger partial charge in [-0.25, -0.2) is 0 Å². The number of benzene rings is 1. The minimum absolute atomic E-state index is 0.0152. The minimum Gasteiger partial charge on any atom is -0.484 e. The Morgan fingerprint density at radius 3 is 2.59 bits per heavy atom. The van der Waals surface area contributed by atoms with Gasteiger partial charge in [-0.05, 0) is 63.5 Å². The summed E-state index contributed by atoms with van der Waals surface area (Å²) in [4.78, 5) is 17.3. The highest BCUT2D eigenvalue weighted by atomic mass is 31.0. The average Bonchev–Trinajstić information content (AvgIpc) is 3.24. The first-order valence-electron chi connectivity index (χ1n) is 11.5. The summed E-state index contributed by atoms with van der Waals surface area (Å²) >= 11 is 0. The van der Waals surface area contributed by atoms with E-state index in [1.807, 2.05) is 64.1 Å². The number of carbonyl (C=O) groups is 1. The molecule has 1 saturated heterocycles. The van der Waals surface area contributed by atoms with Crippen molar-refractivity contribution in [2.75, 3.05) is 18.0 Å². The molecule has 7 heteroatoms. The van der Waals surface area contributed by atoms with Crippen molar-refractivity contribution < 1.29 is 9.53 Å². The zero-order valence-corrected chi connectivity index (χ0v) is 21.3. The molecule has 176 valence electrons. The lowest BCUT2D eigenvalue weighted by Crippen LogP contribution is -2.51. The topological polar surface area (TPSA) is 70.8 Å². The average molecular weight is 459 g/mol. The van der Waals surface area contributed by atoms with Crippen LogP contribution in [-0.2, 0) is 4.79 Å². The molecule has 3 N–H and O–H groups in total. The fourth-order valence-corrected chi connectivity index (χ4v) is 3.93. The van der Waals surface area contributed by atoms with Crippen LogP contribution in [0.4, 0.5) is 5.69 Å². The summed E-state index contributed by atoms with van der Waals surface area (Å²) in [5, 5.41) is 2.87. The van der Waals surface area contributed by atoms with E-state index in [2.05, 4.69) is 33.0 Å². The standard InChI is InChI=1S/C23H33N4O2P.C2H6/c1-5-6-8-19-21(24)27(15-16(2)25-19)22(28)20-9-7-14-26(20)17-10-12-18(13-11-17)29-23(3,4)30;1-2/h6,8,10-13,20,25H,2,5,7,9,14-15,24,30H2,1,3-4H3;1-2H3/b8-6-;. The molecule has 2 aliphatic rings. The normalized spacial score (nSPS) is 19.1. The van der Waals surface area contributed by atoms with Crippen LogP contribution in [0, 0.1) is 0 Å². The van der Waals surface area contributed by atoms with Gasteiger partial charge in [0, 0.05) is 17.9 Å². The number of ether oxygens (including phenoxy) is 1. The molecule has 0 aromatic heterocycles. The van der Waals surface area contributed by atoms with E-state index in [4.69, 9.17) is 10.5 Å². The molecule has 0 spiro atoms. The summed E-state index contributed by atoms with van der Waals surface area (Å²) in [6.45, 7) is 15.3. The van der Waals surface area contributed by atoms with Gasteiger partial charge in [0.05, 0.1) is 12.2 Å². The second-order valence-electron chi connectivity index (χ2n) is 8.31. The number of carbonyl (C=O) groups excluding carboxylic acids is 1. The fourth-order valence-electron chi connectivity index (χ4n) is 3.80. The van der Waals surface area contributed by atoms with E-state index in [9.17, 15) is 4.79 Å². The summed E-state index contributed by atoms with van der Waals surface area (Å²) < 4.78 is 5.88. The van der Waals surface area contributed by atoms with E-state index in [0.717, 1.165) is 48.6 Å². The molecule has 32 heavy (non-hydrogen) atoms. The molecule has 1 amide bonds. The molecule has 0 aliphatic carbocycles. The van der Waals surface area contributed by atoms with Crippen LogP contribution in [0.3, 0.4) is 0 Å². The van der Waals surface area contributed by atoms with Crippen LogP contribution < -0.4 is 20.7 Å². The van der Waals surface area contributed by atoms with Gasteiger partial charge in [0.1, 0.15) is 23.0 Å². The molecular formula is C25H39N4O2P. The zero-order chi connectivity index (χ0) is 23.9. The Hall–Kier alpha value is -2.46. The maximum atomic E-state index is 13.5. The molecule has 2 atom stereocenters. The van der Waals surface area contributed by atoms with Gasteiger partial charge in [-0.1, -0.05) is 42.7 Å². The predicted octanol–water partition coefficient (Wildman–Crippen LogP) is 4.71. The van der Waals surface area contributed by atoms with Crippen molar-refractivity contribution in [2.45, 2.75) is 65.3 Å². The van der Waals surface area contributed by atoms with Gasteiger partial charge in [-0.2, -0.15) is 0 Å². The molecule has 1 aromatic rings. The lowest BCUT2D eigenvalue weighted by molar-refractivity contribution is -0.130. The maximum Gasteiger partial charge on any atom is 0.251 e. The summed E-state index contributed by atoms with van der Waals surface area (Å²) in [6, 6.07) is 7.70. The molecule has 0 saturated carbocycles. The largest absolute Gasteiger partial charge is 0.484 e. The molecular weight excluding hydrogens is 419 g/mol. The number of nitrogens with two attached hydrogens (primary N) is 1. The van der Waals surface area contributed by atoms with Crippen molar-refractivity contribution in [1.82, 2.24) is 10.2 Å². The van der Waals surface area contributed by atoms with Crippen molar-refractivity contribution in [3.8, 4) is 5.75 Å². The summed E-state index contributed by atoms with van der Waals surface area (Å²) in [6.07, 6.45) is 6.59. The third-order valence-electron chi connectivity index (χ3n) is 5.10. The summed E-state index contributed by atoms with van der Waals surface area (Å²) in [5.74, 6) is 1.27. The van der Waals surface area contributed by atoms with Gasteiger partial charge < -0.3 is 20.7 Å². The smallest absolute Gasteiger partial charge is 0.251 e. The van der Waals surface area contributed by atoms with Gasteiger partial charge in [0.25, 0.3) is 5.91 Å². The first-order chi connectivity index (χ1) is 15.2. The second kappa shape index (κ2) is 11.4. The first-order valence-corrected chi connectivity index (χ1v) is 12.0. The molecule has 2 heterocycles. The van der Waals surface area contributed by atoms with Crippen molar-refractivity contribution >= 4 is 20.8 Å². The third kappa shape index (κ3) is 6.52. The molecule has 1 aromatic carbocycles. The maximum absolute atomic E-state index is 13.5. The molecule has 2 aliphatic heterocycles. The number of rotatable bonds is 6. The molecule has 0 radical (unpaired) electrons. The van der Waals surface area contributed by atoms with E-state index in [1.54, 1.807) is 4.90 Å². The monoisotopic (exact) mass is 458 g/mol. The van der Waals surface area contributed by atoms with Crippen LogP contribution >= 0.6 is 9.24 Å². The van der Waals surface area contributed by atoms with Crippen LogP contribution in [-0.4, -0.2) is 35.3 Å². The molecule has 3 rings (SSSR count). The highest BCUT2D eigenvalue weighted by molar-refractivity contribution is 7.18. The fraction of sp³-hybridized carbons (Fsp3) is 0.480. The lowest BCUT2D eigenvalue weighted by Gasteiger charge is -2.35. The summed E-state index contributed by atoms with van der Waals surface area (Å²) in [7, 11) is 2.68. The van der Waals surface area contributed by atoms with Crippen molar-refractivity contribution in [2.24, 2.45) is 5.73 Å². The second-order valence-corrected chi connectivity index (χ2v) is 9.70. The number of hydrogen-bond donors (Lipinski definition) is 2. The number of hydrogen-bond acceptors (Lipinski definition) is 5. The van der Waals surface area contributed by atoms with Gasteiger partial charge >= 0.3 is 0 Å². The van der Waals surface area contributed by atoms with E-state index < -0.39 is 0 Å². The Labute approximate surface area is 195 Å². The van der Waals surface area contributed by atoms with E-state index in [-0.39, 0.29) is 17.3 Å². The van der Waals surface area contributed by atoms with Crippen LogP contribution in [0.15, 0.2) is 60.2 Å². The van der Waals surface area contributed by atoms with Gasteiger partial charge in [-0.15, -0.1) is 0 Å². The Morgan fingerprint density at radius 2 is 2.00 bits per heavy atom. The number of allylic oxidation sites excluding steroid dienone is 2.